The number of hydrogen-bond acceptors (Lipinski definition) is 6. The zero-order chi connectivity index (χ0) is 18.0. The van der Waals surface area contributed by atoms with Crippen LogP contribution in [0.1, 0.15) is 12.0 Å². The standard InChI is InChI=1S/C17H18N6O2S/c24-26(25,11-9-14-4-2-1-3-5-14)21-15-8-10-22(12-15)17-7-6-16-19-18-13-23(16)20-17/h1-7,9,11,13,15,21H,8,10,12H2/b11-9+/t15-/m0/s1. The summed E-state index contributed by atoms with van der Waals surface area (Å²) in [7, 11) is -3.50. The number of nitrogens with zero attached hydrogens (tertiary/aromatic N) is 5. The summed E-state index contributed by atoms with van der Waals surface area (Å²) >= 11 is 0. The maximum Gasteiger partial charge on any atom is 0.234 e. The van der Waals surface area contributed by atoms with Gasteiger partial charge in [0.05, 0.1) is 0 Å². The van der Waals surface area contributed by atoms with E-state index in [9.17, 15) is 8.42 Å². The van der Waals surface area contributed by atoms with Crippen molar-refractivity contribution in [2.24, 2.45) is 0 Å². The van der Waals surface area contributed by atoms with Gasteiger partial charge in [0.15, 0.2) is 5.65 Å². The van der Waals surface area contributed by atoms with Gasteiger partial charge in [-0.05, 0) is 30.2 Å². The van der Waals surface area contributed by atoms with Crippen molar-refractivity contribution >= 4 is 27.6 Å². The van der Waals surface area contributed by atoms with Crippen LogP contribution < -0.4 is 9.62 Å². The van der Waals surface area contributed by atoms with Gasteiger partial charge in [-0.1, -0.05) is 30.3 Å². The normalized spacial score (nSPS) is 18.2. The number of aromatic nitrogens is 4. The van der Waals surface area contributed by atoms with Crippen molar-refractivity contribution in [1.29, 1.82) is 0 Å². The van der Waals surface area contributed by atoms with Gasteiger partial charge in [-0.2, -0.15) is 4.52 Å². The van der Waals surface area contributed by atoms with Crippen molar-refractivity contribution in [3.63, 3.8) is 0 Å². The van der Waals surface area contributed by atoms with E-state index < -0.39 is 10.0 Å². The molecule has 3 aromatic rings. The Morgan fingerprint density at radius 2 is 2.00 bits per heavy atom. The first-order chi connectivity index (χ1) is 12.6. The first-order valence-electron chi connectivity index (χ1n) is 8.26. The highest BCUT2D eigenvalue weighted by Gasteiger charge is 2.26. The van der Waals surface area contributed by atoms with E-state index in [-0.39, 0.29) is 6.04 Å². The Labute approximate surface area is 151 Å². The van der Waals surface area contributed by atoms with Crippen molar-refractivity contribution in [2.75, 3.05) is 18.0 Å². The molecular weight excluding hydrogens is 352 g/mol. The number of hydrogen-bond donors (Lipinski definition) is 1. The zero-order valence-electron chi connectivity index (χ0n) is 13.9. The highest BCUT2D eigenvalue weighted by atomic mass is 32.2. The first kappa shape index (κ1) is 16.7. The van der Waals surface area contributed by atoms with Gasteiger partial charge in [0.25, 0.3) is 0 Å². The predicted octanol–water partition coefficient (Wildman–Crippen LogP) is 1.29. The van der Waals surface area contributed by atoms with Crippen LogP contribution in [-0.2, 0) is 10.0 Å². The minimum absolute atomic E-state index is 0.154. The van der Waals surface area contributed by atoms with E-state index in [4.69, 9.17) is 0 Å². The molecule has 1 aromatic carbocycles. The van der Waals surface area contributed by atoms with E-state index in [1.54, 1.807) is 16.9 Å². The molecular formula is C17H18N6O2S. The minimum Gasteiger partial charge on any atom is -0.354 e. The number of rotatable bonds is 5. The molecule has 1 fully saturated rings. The summed E-state index contributed by atoms with van der Waals surface area (Å²) in [6.07, 6.45) is 3.86. The van der Waals surface area contributed by atoms with E-state index in [0.29, 0.717) is 12.2 Å². The highest BCUT2D eigenvalue weighted by molar-refractivity contribution is 7.92. The average Bonchev–Trinajstić information content (AvgIpc) is 3.29. The fourth-order valence-electron chi connectivity index (χ4n) is 2.96. The lowest BCUT2D eigenvalue weighted by atomic mass is 10.2. The largest absolute Gasteiger partial charge is 0.354 e. The number of nitrogens with one attached hydrogen (secondary N) is 1. The van der Waals surface area contributed by atoms with Gasteiger partial charge >= 0.3 is 0 Å². The van der Waals surface area contributed by atoms with Crippen molar-refractivity contribution < 1.29 is 8.42 Å². The van der Waals surface area contributed by atoms with E-state index in [1.807, 2.05) is 47.4 Å². The van der Waals surface area contributed by atoms with Crippen molar-refractivity contribution in [2.45, 2.75) is 12.5 Å². The second-order valence-corrected chi connectivity index (χ2v) is 7.73. The Kier molecular flexibility index (Phi) is 4.39. The predicted molar refractivity (Wildman–Crippen MR) is 98.9 cm³/mol. The maximum absolute atomic E-state index is 12.3. The van der Waals surface area contributed by atoms with Crippen LogP contribution in [-0.4, -0.2) is 47.4 Å². The Hall–Kier alpha value is -2.78. The number of sulfonamides is 1. The molecule has 8 nitrogen and oxygen atoms in total. The van der Waals surface area contributed by atoms with Crippen molar-refractivity contribution in [3.05, 3.63) is 59.8 Å². The lowest BCUT2D eigenvalue weighted by molar-refractivity contribution is 0.570. The molecule has 1 aliphatic heterocycles. The molecule has 0 unspecified atom stereocenters. The number of fused-ring (bicyclic) bond motifs is 1. The summed E-state index contributed by atoms with van der Waals surface area (Å²) in [4.78, 5) is 2.05. The Morgan fingerprint density at radius 1 is 1.15 bits per heavy atom. The smallest absolute Gasteiger partial charge is 0.234 e. The minimum atomic E-state index is -3.50. The molecule has 0 radical (unpaired) electrons. The van der Waals surface area contributed by atoms with Crippen molar-refractivity contribution in [1.82, 2.24) is 24.5 Å². The van der Waals surface area contributed by atoms with Crippen LogP contribution >= 0.6 is 0 Å². The van der Waals surface area contributed by atoms with Crippen LogP contribution in [0.3, 0.4) is 0 Å². The molecule has 0 aliphatic carbocycles. The molecule has 1 atom stereocenters. The van der Waals surface area contributed by atoms with Gasteiger partial charge in [0.2, 0.25) is 10.0 Å². The van der Waals surface area contributed by atoms with Gasteiger partial charge < -0.3 is 4.90 Å². The second kappa shape index (κ2) is 6.85. The molecule has 9 heteroatoms. The molecule has 134 valence electrons. The van der Waals surface area contributed by atoms with Crippen LogP contribution in [0.4, 0.5) is 5.82 Å². The van der Waals surface area contributed by atoms with Gasteiger partial charge in [-0.15, -0.1) is 15.3 Å². The Bertz CT molecular complexity index is 1030. The molecule has 0 amide bonds. The fraction of sp³-hybridized carbons (Fsp3) is 0.235. The van der Waals surface area contributed by atoms with Crippen LogP contribution in [0.25, 0.3) is 11.7 Å². The maximum atomic E-state index is 12.3. The van der Waals surface area contributed by atoms with E-state index in [1.165, 1.54) is 5.41 Å². The highest BCUT2D eigenvalue weighted by Crippen LogP contribution is 2.19. The molecule has 0 saturated carbocycles. The SMILES string of the molecule is O=S(=O)(/C=C/c1ccccc1)N[C@H]1CCN(c2ccc3nncn3n2)C1. The topological polar surface area (TPSA) is 92.5 Å². The molecule has 2 aromatic heterocycles. The molecule has 1 N–H and O–H groups in total. The fourth-order valence-corrected chi connectivity index (χ4v) is 4.03. The van der Waals surface area contributed by atoms with Gasteiger partial charge in [0, 0.05) is 24.5 Å². The Morgan fingerprint density at radius 3 is 2.85 bits per heavy atom. The first-order valence-corrected chi connectivity index (χ1v) is 9.81. The van der Waals surface area contributed by atoms with Crippen LogP contribution in [0.15, 0.2) is 54.2 Å². The molecule has 1 saturated heterocycles. The van der Waals surface area contributed by atoms with Gasteiger partial charge in [0.1, 0.15) is 12.1 Å². The third-order valence-electron chi connectivity index (χ3n) is 4.23. The van der Waals surface area contributed by atoms with Crippen LogP contribution in [0.5, 0.6) is 0 Å². The molecule has 0 spiro atoms. The van der Waals surface area contributed by atoms with E-state index in [0.717, 1.165) is 24.3 Å². The monoisotopic (exact) mass is 370 g/mol. The van der Waals surface area contributed by atoms with Gasteiger partial charge in [-0.25, -0.2) is 13.1 Å². The number of anilines is 1. The van der Waals surface area contributed by atoms with Crippen LogP contribution in [0.2, 0.25) is 0 Å². The summed E-state index contributed by atoms with van der Waals surface area (Å²) in [5.74, 6) is 0.777. The molecule has 4 rings (SSSR count). The number of benzene rings is 1. The van der Waals surface area contributed by atoms with Gasteiger partial charge in [-0.3, -0.25) is 0 Å². The molecule has 1 aliphatic rings. The lowest BCUT2D eigenvalue weighted by Gasteiger charge is -2.17. The third kappa shape index (κ3) is 3.73. The second-order valence-electron chi connectivity index (χ2n) is 6.13. The summed E-state index contributed by atoms with van der Waals surface area (Å²) in [5.41, 5.74) is 1.52. The average molecular weight is 370 g/mol. The summed E-state index contributed by atoms with van der Waals surface area (Å²) < 4.78 is 28.9. The van der Waals surface area contributed by atoms with E-state index >= 15 is 0 Å². The summed E-state index contributed by atoms with van der Waals surface area (Å²) in [6.45, 7) is 1.30. The quantitative estimate of drug-likeness (QED) is 0.728. The summed E-state index contributed by atoms with van der Waals surface area (Å²) in [5, 5.41) is 13.4. The lowest BCUT2D eigenvalue weighted by Crippen LogP contribution is -2.36. The molecule has 26 heavy (non-hydrogen) atoms. The summed E-state index contributed by atoms with van der Waals surface area (Å²) in [6, 6.07) is 12.9. The Balaban J connectivity index is 1.41. The zero-order valence-corrected chi connectivity index (χ0v) is 14.7. The van der Waals surface area contributed by atoms with E-state index in [2.05, 4.69) is 20.0 Å². The van der Waals surface area contributed by atoms with Crippen molar-refractivity contribution in [3.8, 4) is 0 Å². The third-order valence-corrected chi connectivity index (χ3v) is 5.39. The molecule has 3 heterocycles. The van der Waals surface area contributed by atoms with Crippen LogP contribution in [0, 0.1) is 0 Å². The molecule has 0 bridgehead atoms.